The van der Waals surface area contributed by atoms with Crippen molar-refractivity contribution in [2.75, 3.05) is 19.0 Å². The van der Waals surface area contributed by atoms with Gasteiger partial charge in [0.25, 0.3) is 5.95 Å². The molecule has 2 rings (SSSR count). The number of rotatable bonds is 2. The van der Waals surface area contributed by atoms with Crippen molar-refractivity contribution in [2.24, 2.45) is 5.73 Å². The summed E-state index contributed by atoms with van der Waals surface area (Å²) in [4.78, 5) is 6.21. The monoisotopic (exact) mass is 210 g/mol. The van der Waals surface area contributed by atoms with Gasteiger partial charge >= 0.3 is 0 Å². The van der Waals surface area contributed by atoms with Gasteiger partial charge < -0.3 is 15.2 Å². The van der Waals surface area contributed by atoms with Crippen LogP contribution in [0.3, 0.4) is 0 Å². The van der Waals surface area contributed by atoms with Crippen molar-refractivity contribution in [1.82, 2.24) is 10.1 Å². The molecule has 1 aromatic heterocycles. The maximum absolute atomic E-state index is 6.09. The Bertz CT molecular complexity index is 349. The summed E-state index contributed by atoms with van der Waals surface area (Å²) < 4.78 is 5.30. The standard InChI is InChI=1S/C10H18N4O/c1-10(6-4-5-7(10)11)8-12-9(13-15-8)14(2)3/h7H,4-6,11H2,1-3H3. The molecule has 0 spiro atoms. The smallest absolute Gasteiger partial charge is 0.265 e. The molecule has 2 atom stereocenters. The summed E-state index contributed by atoms with van der Waals surface area (Å²) in [5.41, 5.74) is 5.95. The maximum atomic E-state index is 6.09. The molecule has 0 bridgehead atoms. The van der Waals surface area contributed by atoms with E-state index < -0.39 is 0 Å². The van der Waals surface area contributed by atoms with E-state index in [0.717, 1.165) is 19.3 Å². The molecule has 1 aliphatic carbocycles. The largest absolute Gasteiger partial charge is 0.344 e. The summed E-state index contributed by atoms with van der Waals surface area (Å²) in [6.45, 7) is 2.11. The van der Waals surface area contributed by atoms with E-state index in [-0.39, 0.29) is 11.5 Å². The van der Waals surface area contributed by atoms with Crippen molar-refractivity contribution in [3.05, 3.63) is 5.89 Å². The van der Waals surface area contributed by atoms with Gasteiger partial charge in [0.15, 0.2) is 0 Å². The Morgan fingerprint density at radius 3 is 2.73 bits per heavy atom. The fourth-order valence-electron chi connectivity index (χ4n) is 2.09. The Labute approximate surface area is 89.6 Å². The molecule has 1 heterocycles. The van der Waals surface area contributed by atoms with Crippen molar-refractivity contribution >= 4 is 5.95 Å². The Morgan fingerprint density at radius 2 is 2.27 bits per heavy atom. The van der Waals surface area contributed by atoms with Crippen LogP contribution in [-0.2, 0) is 5.41 Å². The molecule has 1 aliphatic rings. The Kier molecular flexibility index (Phi) is 2.42. The first-order valence-corrected chi connectivity index (χ1v) is 5.31. The molecule has 0 amide bonds. The van der Waals surface area contributed by atoms with Crippen molar-refractivity contribution in [2.45, 2.75) is 37.6 Å². The second-order valence-corrected chi connectivity index (χ2v) is 4.71. The molecule has 1 saturated carbocycles. The summed E-state index contributed by atoms with van der Waals surface area (Å²) in [5, 5.41) is 3.92. The van der Waals surface area contributed by atoms with Gasteiger partial charge in [-0.25, -0.2) is 0 Å². The molecule has 0 saturated heterocycles. The minimum Gasteiger partial charge on any atom is -0.344 e. The van der Waals surface area contributed by atoms with Gasteiger partial charge in [-0.1, -0.05) is 6.42 Å². The minimum absolute atomic E-state index is 0.132. The van der Waals surface area contributed by atoms with Crippen LogP contribution in [0.5, 0.6) is 0 Å². The SMILES string of the molecule is CN(C)c1noc(C2(C)CCCC2N)n1. The molecule has 84 valence electrons. The van der Waals surface area contributed by atoms with Crippen LogP contribution in [0.4, 0.5) is 5.95 Å². The molecular weight excluding hydrogens is 192 g/mol. The molecule has 1 fully saturated rings. The van der Waals surface area contributed by atoms with E-state index in [1.807, 2.05) is 19.0 Å². The Morgan fingerprint density at radius 1 is 1.53 bits per heavy atom. The highest BCUT2D eigenvalue weighted by atomic mass is 16.5. The first-order valence-electron chi connectivity index (χ1n) is 5.31. The number of nitrogens with two attached hydrogens (primary N) is 1. The average Bonchev–Trinajstić information content (AvgIpc) is 2.75. The lowest BCUT2D eigenvalue weighted by Crippen LogP contribution is -2.38. The van der Waals surface area contributed by atoms with Crippen LogP contribution in [0.15, 0.2) is 4.52 Å². The third-order valence-corrected chi connectivity index (χ3v) is 3.33. The molecular formula is C10H18N4O. The fourth-order valence-corrected chi connectivity index (χ4v) is 2.09. The summed E-state index contributed by atoms with van der Waals surface area (Å²) in [6, 6.07) is 0.132. The van der Waals surface area contributed by atoms with Gasteiger partial charge in [0.05, 0.1) is 5.41 Å². The summed E-state index contributed by atoms with van der Waals surface area (Å²) >= 11 is 0. The van der Waals surface area contributed by atoms with Crippen LogP contribution in [0.1, 0.15) is 32.1 Å². The predicted octanol–water partition coefficient (Wildman–Crippen LogP) is 0.904. The molecule has 0 aliphatic heterocycles. The Balaban J connectivity index is 2.28. The minimum atomic E-state index is -0.138. The van der Waals surface area contributed by atoms with E-state index >= 15 is 0 Å². The Hall–Kier alpha value is -1.10. The van der Waals surface area contributed by atoms with Crippen LogP contribution in [0, 0.1) is 0 Å². The van der Waals surface area contributed by atoms with Gasteiger partial charge in [0, 0.05) is 20.1 Å². The summed E-state index contributed by atoms with van der Waals surface area (Å²) in [7, 11) is 3.79. The third kappa shape index (κ3) is 1.61. The van der Waals surface area contributed by atoms with Crippen LogP contribution >= 0.6 is 0 Å². The lowest BCUT2D eigenvalue weighted by molar-refractivity contribution is 0.277. The lowest BCUT2D eigenvalue weighted by atomic mass is 9.85. The molecule has 2 unspecified atom stereocenters. The predicted molar refractivity (Wildman–Crippen MR) is 57.8 cm³/mol. The van der Waals surface area contributed by atoms with Gasteiger partial charge in [-0.15, -0.1) is 0 Å². The zero-order chi connectivity index (χ0) is 11.1. The number of aromatic nitrogens is 2. The number of nitrogens with zero attached hydrogens (tertiary/aromatic N) is 3. The van der Waals surface area contributed by atoms with Gasteiger partial charge in [0.2, 0.25) is 5.89 Å². The first kappa shape index (κ1) is 10.4. The highest BCUT2D eigenvalue weighted by Gasteiger charge is 2.42. The lowest BCUT2D eigenvalue weighted by Gasteiger charge is -2.23. The second-order valence-electron chi connectivity index (χ2n) is 4.71. The van der Waals surface area contributed by atoms with Gasteiger partial charge in [-0.3, -0.25) is 0 Å². The zero-order valence-corrected chi connectivity index (χ0v) is 9.53. The molecule has 0 radical (unpaired) electrons. The van der Waals surface area contributed by atoms with Crippen molar-refractivity contribution < 1.29 is 4.52 Å². The second kappa shape index (κ2) is 3.48. The molecule has 15 heavy (non-hydrogen) atoms. The van der Waals surface area contributed by atoms with Crippen molar-refractivity contribution in [3.8, 4) is 0 Å². The van der Waals surface area contributed by atoms with E-state index in [0.29, 0.717) is 11.8 Å². The summed E-state index contributed by atoms with van der Waals surface area (Å²) in [5.74, 6) is 1.29. The number of hydrogen-bond donors (Lipinski definition) is 1. The quantitative estimate of drug-likeness (QED) is 0.785. The van der Waals surface area contributed by atoms with E-state index in [1.165, 1.54) is 0 Å². The molecule has 2 N–H and O–H groups in total. The highest BCUT2D eigenvalue weighted by molar-refractivity contribution is 5.26. The van der Waals surface area contributed by atoms with Gasteiger partial charge in [-0.05, 0) is 24.9 Å². The number of anilines is 1. The molecule has 0 aromatic carbocycles. The van der Waals surface area contributed by atoms with E-state index in [1.54, 1.807) is 0 Å². The van der Waals surface area contributed by atoms with E-state index in [2.05, 4.69) is 17.1 Å². The van der Waals surface area contributed by atoms with Crippen LogP contribution < -0.4 is 10.6 Å². The topological polar surface area (TPSA) is 68.2 Å². The molecule has 5 nitrogen and oxygen atoms in total. The van der Waals surface area contributed by atoms with Crippen molar-refractivity contribution in [3.63, 3.8) is 0 Å². The van der Waals surface area contributed by atoms with E-state index in [9.17, 15) is 0 Å². The first-order chi connectivity index (χ1) is 7.04. The van der Waals surface area contributed by atoms with E-state index in [4.69, 9.17) is 10.3 Å². The third-order valence-electron chi connectivity index (χ3n) is 3.33. The van der Waals surface area contributed by atoms with Crippen molar-refractivity contribution in [1.29, 1.82) is 0 Å². The van der Waals surface area contributed by atoms with Crippen LogP contribution in [0.2, 0.25) is 0 Å². The zero-order valence-electron chi connectivity index (χ0n) is 9.53. The van der Waals surface area contributed by atoms with Crippen LogP contribution in [-0.4, -0.2) is 30.3 Å². The molecule has 1 aromatic rings. The van der Waals surface area contributed by atoms with Crippen LogP contribution in [0.25, 0.3) is 0 Å². The maximum Gasteiger partial charge on any atom is 0.265 e. The fraction of sp³-hybridized carbons (Fsp3) is 0.800. The van der Waals surface area contributed by atoms with Gasteiger partial charge in [0.1, 0.15) is 0 Å². The molecule has 5 heteroatoms. The highest BCUT2D eigenvalue weighted by Crippen LogP contribution is 2.39. The number of hydrogen-bond acceptors (Lipinski definition) is 5. The average molecular weight is 210 g/mol. The summed E-state index contributed by atoms with van der Waals surface area (Å²) in [6.07, 6.45) is 3.21. The van der Waals surface area contributed by atoms with Gasteiger partial charge in [-0.2, -0.15) is 4.98 Å². The normalized spacial score (nSPS) is 30.8.